The van der Waals surface area contributed by atoms with E-state index >= 15 is 0 Å². The molecule has 1 aliphatic heterocycles. The van der Waals surface area contributed by atoms with E-state index in [1.165, 1.54) is 13.0 Å². The van der Waals surface area contributed by atoms with Crippen LogP contribution in [0.1, 0.15) is 45.3 Å². The van der Waals surface area contributed by atoms with E-state index in [4.69, 9.17) is 0 Å². The van der Waals surface area contributed by atoms with Crippen molar-refractivity contribution in [3.05, 3.63) is 35.9 Å². The van der Waals surface area contributed by atoms with Crippen molar-refractivity contribution in [3.63, 3.8) is 0 Å². The number of hydrogen-bond donors (Lipinski definition) is 1. The Kier molecular flexibility index (Phi) is 5.00. The fourth-order valence-electron chi connectivity index (χ4n) is 3.26. The molecule has 0 aliphatic carbocycles. The van der Waals surface area contributed by atoms with E-state index in [2.05, 4.69) is 25.7 Å². The Bertz CT molecular complexity index is 378. The molecule has 4 atom stereocenters. The van der Waals surface area contributed by atoms with Crippen molar-refractivity contribution in [2.24, 2.45) is 11.8 Å². The fraction of sp³-hybridized carbons (Fsp3) is 0.647. The lowest BCUT2D eigenvalue weighted by Crippen LogP contribution is -2.46. The van der Waals surface area contributed by atoms with Gasteiger partial charge in [0.15, 0.2) is 0 Å². The largest absolute Gasteiger partial charge is 0.388 e. The molecule has 0 saturated carbocycles. The second-order valence-corrected chi connectivity index (χ2v) is 6.27. The van der Waals surface area contributed by atoms with Gasteiger partial charge in [0.2, 0.25) is 0 Å². The zero-order chi connectivity index (χ0) is 13.8. The molecule has 2 rings (SSSR count). The zero-order valence-electron chi connectivity index (χ0n) is 12.4. The zero-order valence-corrected chi connectivity index (χ0v) is 12.4. The van der Waals surface area contributed by atoms with Crippen LogP contribution < -0.4 is 0 Å². The Morgan fingerprint density at radius 1 is 1.21 bits per heavy atom. The molecule has 1 aromatic rings. The van der Waals surface area contributed by atoms with Crippen LogP contribution in [-0.2, 0) is 0 Å². The van der Waals surface area contributed by atoms with Crippen molar-refractivity contribution < 1.29 is 5.11 Å². The number of hydrogen-bond acceptors (Lipinski definition) is 2. The number of nitrogens with zero attached hydrogens (tertiary/aromatic N) is 1. The minimum Gasteiger partial charge on any atom is -0.388 e. The monoisotopic (exact) mass is 261 g/mol. The third-order valence-electron chi connectivity index (χ3n) is 4.59. The van der Waals surface area contributed by atoms with E-state index in [1.54, 1.807) is 0 Å². The van der Waals surface area contributed by atoms with Crippen LogP contribution in [0, 0.1) is 11.8 Å². The Morgan fingerprint density at radius 3 is 2.58 bits per heavy atom. The van der Waals surface area contributed by atoms with Crippen LogP contribution in [0.4, 0.5) is 0 Å². The van der Waals surface area contributed by atoms with Crippen LogP contribution in [0.5, 0.6) is 0 Å². The summed E-state index contributed by atoms with van der Waals surface area (Å²) in [5.41, 5.74) is 1.04. The van der Waals surface area contributed by atoms with Gasteiger partial charge in [-0.15, -0.1) is 0 Å². The first-order valence-electron chi connectivity index (χ1n) is 7.55. The molecule has 2 heteroatoms. The molecule has 4 unspecified atom stereocenters. The van der Waals surface area contributed by atoms with Crippen LogP contribution in [0.2, 0.25) is 0 Å². The molecule has 0 radical (unpaired) electrons. The Hall–Kier alpha value is -0.860. The third-order valence-corrected chi connectivity index (χ3v) is 4.59. The van der Waals surface area contributed by atoms with E-state index in [0.29, 0.717) is 6.04 Å². The van der Waals surface area contributed by atoms with Crippen LogP contribution >= 0.6 is 0 Å². The maximum absolute atomic E-state index is 10.2. The van der Waals surface area contributed by atoms with E-state index in [9.17, 15) is 5.11 Å². The topological polar surface area (TPSA) is 23.5 Å². The standard InChI is InChI=1S/C17H27NO/c1-13-11-14(2)15(3)18(12-13)10-9-17(19)16-7-5-4-6-8-16/h4-8,13-15,17,19H,9-12H2,1-3H3. The molecule has 106 valence electrons. The molecule has 1 heterocycles. The average Bonchev–Trinajstić information content (AvgIpc) is 2.41. The van der Waals surface area contributed by atoms with Crippen molar-refractivity contribution in [1.29, 1.82) is 0 Å². The van der Waals surface area contributed by atoms with Gasteiger partial charge in [-0.1, -0.05) is 44.2 Å². The van der Waals surface area contributed by atoms with E-state index in [-0.39, 0.29) is 6.10 Å². The minimum atomic E-state index is -0.332. The van der Waals surface area contributed by atoms with Crippen LogP contribution in [0.15, 0.2) is 30.3 Å². The lowest BCUT2D eigenvalue weighted by molar-refractivity contribution is 0.0599. The highest BCUT2D eigenvalue weighted by Gasteiger charge is 2.28. The van der Waals surface area contributed by atoms with Gasteiger partial charge < -0.3 is 10.0 Å². The lowest BCUT2D eigenvalue weighted by Gasteiger charge is -2.41. The minimum absolute atomic E-state index is 0.332. The van der Waals surface area contributed by atoms with Gasteiger partial charge in [-0.25, -0.2) is 0 Å². The number of aliphatic hydroxyl groups is 1. The number of aliphatic hydroxyl groups excluding tert-OH is 1. The summed E-state index contributed by atoms with van der Waals surface area (Å²) >= 11 is 0. The number of rotatable bonds is 4. The van der Waals surface area contributed by atoms with Gasteiger partial charge in [-0.3, -0.25) is 0 Å². The predicted molar refractivity (Wildman–Crippen MR) is 80.0 cm³/mol. The second-order valence-electron chi connectivity index (χ2n) is 6.27. The van der Waals surface area contributed by atoms with E-state index in [0.717, 1.165) is 30.4 Å². The van der Waals surface area contributed by atoms with Crippen molar-refractivity contribution >= 4 is 0 Å². The SMILES string of the molecule is CC1CC(C)C(C)N(CCC(O)c2ccccc2)C1. The van der Waals surface area contributed by atoms with E-state index < -0.39 is 0 Å². The molecule has 2 nitrogen and oxygen atoms in total. The highest BCUT2D eigenvalue weighted by Crippen LogP contribution is 2.28. The summed E-state index contributed by atoms with van der Waals surface area (Å²) in [5.74, 6) is 1.54. The highest BCUT2D eigenvalue weighted by atomic mass is 16.3. The normalized spacial score (nSPS) is 30.2. The number of piperidine rings is 1. The van der Waals surface area contributed by atoms with Crippen molar-refractivity contribution in [2.75, 3.05) is 13.1 Å². The van der Waals surface area contributed by atoms with Gasteiger partial charge in [0.1, 0.15) is 0 Å². The lowest BCUT2D eigenvalue weighted by atomic mass is 9.86. The summed E-state index contributed by atoms with van der Waals surface area (Å²) in [6.45, 7) is 9.17. The molecular weight excluding hydrogens is 234 g/mol. The number of likely N-dealkylation sites (tertiary alicyclic amines) is 1. The Labute approximate surface area is 117 Å². The highest BCUT2D eigenvalue weighted by molar-refractivity contribution is 5.17. The van der Waals surface area contributed by atoms with Crippen LogP contribution in [0.3, 0.4) is 0 Å². The van der Waals surface area contributed by atoms with Crippen molar-refractivity contribution in [2.45, 2.75) is 45.8 Å². The van der Waals surface area contributed by atoms with Crippen LogP contribution in [-0.4, -0.2) is 29.1 Å². The summed E-state index contributed by atoms with van der Waals surface area (Å²) in [6, 6.07) is 10.6. The summed E-state index contributed by atoms with van der Waals surface area (Å²) < 4.78 is 0. The molecule has 0 bridgehead atoms. The fourth-order valence-corrected chi connectivity index (χ4v) is 3.26. The van der Waals surface area contributed by atoms with Gasteiger partial charge in [-0.2, -0.15) is 0 Å². The summed E-state index contributed by atoms with van der Waals surface area (Å²) in [4.78, 5) is 2.55. The number of benzene rings is 1. The first-order valence-corrected chi connectivity index (χ1v) is 7.55. The van der Waals surface area contributed by atoms with Gasteiger partial charge >= 0.3 is 0 Å². The molecule has 1 fully saturated rings. The van der Waals surface area contributed by atoms with Gasteiger partial charge in [0.05, 0.1) is 6.10 Å². The molecular formula is C17H27NO. The smallest absolute Gasteiger partial charge is 0.0802 e. The van der Waals surface area contributed by atoms with Crippen molar-refractivity contribution in [3.8, 4) is 0 Å². The molecule has 0 spiro atoms. The first-order chi connectivity index (χ1) is 9.08. The molecule has 1 saturated heterocycles. The van der Waals surface area contributed by atoms with Gasteiger partial charge in [0, 0.05) is 19.1 Å². The molecule has 0 aromatic heterocycles. The molecule has 0 amide bonds. The predicted octanol–water partition coefficient (Wildman–Crippen LogP) is 3.48. The molecule has 1 N–H and O–H groups in total. The Balaban J connectivity index is 1.87. The second kappa shape index (κ2) is 6.53. The molecule has 1 aromatic carbocycles. The third kappa shape index (κ3) is 3.80. The molecule has 19 heavy (non-hydrogen) atoms. The van der Waals surface area contributed by atoms with Gasteiger partial charge in [-0.05, 0) is 37.2 Å². The van der Waals surface area contributed by atoms with Crippen LogP contribution in [0.25, 0.3) is 0 Å². The Morgan fingerprint density at radius 2 is 1.89 bits per heavy atom. The van der Waals surface area contributed by atoms with E-state index in [1.807, 2.05) is 30.3 Å². The first kappa shape index (κ1) is 14.5. The summed E-state index contributed by atoms with van der Waals surface area (Å²) in [6.07, 6.45) is 1.83. The summed E-state index contributed by atoms with van der Waals surface area (Å²) in [5, 5.41) is 10.2. The quantitative estimate of drug-likeness (QED) is 0.897. The molecule has 1 aliphatic rings. The summed E-state index contributed by atoms with van der Waals surface area (Å²) in [7, 11) is 0. The van der Waals surface area contributed by atoms with Gasteiger partial charge in [0.25, 0.3) is 0 Å². The maximum atomic E-state index is 10.2. The maximum Gasteiger partial charge on any atom is 0.0802 e. The van der Waals surface area contributed by atoms with Crippen molar-refractivity contribution in [1.82, 2.24) is 4.90 Å². The average molecular weight is 261 g/mol.